The molecule has 0 saturated carbocycles. The largest absolute Gasteiger partial charge is 0.481 e. The second-order valence-corrected chi connectivity index (χ2v) is 23.0. The van der Waals surface area contributed by atoms with Gasteiger partial charge in [0.15, 0.2) is 0 Å². The summed E-state index contributed by atoms with van der Waals surface area (Å²) in [7, 11) is 4.24. The van der Waals surface area contributed by atoms with Crippen molar-refractivity contribution in [1.82, 2.24) is 31.1 Å². The number of nitrogens with one attached hydrogen (secondary N) is 4. The molecule has 1 aliphatic heterocycles. The highest BCUT2D eigenvalue weighted by atomic mass is 33.1. The predicted molar refractivity (Wildman–Crippen MR) is 273 cm³/mol. The molecule has 0 unspecified atom stereocenters. The summed E-state index contributed by atoms with van der Waals surface area (Å²) in [5.41, 5.74) is 4.13. The Morgan fingerprint density at radius 2 is 1.27 bits per heavy atom. The highest BCUT2D eigenvalue weighted by Gasteiger charge is 2.39. The Hall–Kier alpha value is -5.59. The highest BCUT2D eigenvalue weighted by molar-refractivity contribution is 8.77. The summed E-state index contributed by atoms with van der Waals surface area (Å²) >= 11 is 0. The van der Waals surface area contributed by atoms with E-state index in [1.54, 1.807) is 42.2 Å². The third-order valence-corrected chi connectivity index (χ3v) is 15.3. The molecule has 0 bridgehead atoms. The fourth-order valence-corrected chi connectivity index (χ4v) is 10.9. The number of carbonyl (C=O) groups is 7. The number of hydrogen-bond donors (Lipinski definition) is 5. The van der Waals surface area contributed by atoms with Crippen LogP contribution in [0, 0.1) is 0 Å². The third kappa shape index (κ3) is 16.0. The number of carbonyl (C=O) groups excluding carboxylic acids is 6. The van der Waals surface area contributed by atoms with E-state index in [0.717, 1.165) is 41.5 Å². The lowest BCUT2D eigenvalue weighted by atomic mass is 9.98. The highest BCUT2D eigenvalue weighted by Crippen LogP contribution is 2.44. The molecule has 2 aliphatic rings. The van der Waals surface area contributed by atoms with Gasteiger partial charge in [0.1, 0.15) is 36.8 Å². The number of benzene rings is 3. The number of rotatable bonds is 21. The quantitative estimate of drug-likeness (QED) is 0.0744. The monoisotopic (exact) mass is 1000 g/mol. The molecule has 3 aromatic rings. The number of likely N-dealkylation sites (N-methyl/N-ethyl adjacent to an activating group) is 1. The van der Waals surface area contributed by atoms with Crippen molar-refractivity contribution in [2.75, 3.05) is 32.5 Å². The maximum Gasteiger partial charge on any atom is 0.407 e. The van der Waals surface area contributed by atoms with Gasteiger partial charge in [-0.25, -0.2) is 4.79 Å². The van der Waals surface area contributed by atoms with Gasteiger partial charge in [0, 0.05) is 43.0 Å². The molecule has 5 N–H and O–H groups in total. The van der Waals surface area contributed by atoms with Crippen LogP contribution in [-0.4, -0.2) is 136 Å². The average molecular weight is 1000 g/mol. The number of carboxylic acid groups (broad SMARTS) is 1. The van der Waals surface area contributed by atoms with Crippen LogP contribution in [0.3, 0.4) is 0 Å². The number of ether oxygens (including phenoxy) is 2. The molecule has 16 nitrogen and oxygen atoms in total. The van der Waals surface area contributed by atoms with E-state index in [1.165, 1.54) is 40.5 Å². The molecule has 70 heavy (non-hydrogen) atoms. The van der Waals surface area contributed by atoms with Gasteiger partial charge in [0.05, 0.1) is 18.1 Å². The zero-order valence-electron chi connectivity index (χ0n) is 41.7. The lowest BCUT2D eigenvalue weighted by molar-refractivity contribution is -0.146. The zero-order chi connectivity index (χ0) is 51.3. The van der Waals surface area contributed by atoms with Crippen molar-refractivity contribution in [1.29, 1.82) is 0 Å². The van der Waals surface area contributed by atoms with E-state index >= 15 is 0 Å². The SMILES string of the molecule is C[C@@H](OC(C)(C)C)[C@H](NC(=O)OCC1c2ccccc2-c2ccccc21)C(=O)N(C)[C@@H](C)C(=O)N[C@@H](CSSC(C)(C)C)C(=O)N[C@@H](Cc1ccccc1)C(=O)N[C@@H](CC(=O)O)C(=O)N1CCCCC1. The number of aliphatic carboxylic acids is 1. The number of carboxylic acids is 1. The fourth-order valence-electron chi connectivity index (χ4n) is 8.43. The summed E-state index contributed by atoms with van der Waals surface area (Å²) in [6.07, 6.45) is 0.0646. The minimum atomic E-state index is -1.37. The second kappa shape index (κ2) is 25.0. The van der Waals surface area contributed by atoms with E-state index in [1.807, 2.05) is 90.1 Å². The van der Waals surface area contributed by atoms with Crippen molar-refractivity contribution < 1.29 is 48.1 Å². The normalized spacial score (nSPS) is 16.2. The summed E-state index contributed by atoms with van der Waals surface area (Å²) in [6.45, 7) is 15.5. The number of fused-ring (bicyclic) bond motifs is 3. The first-order valence-corrected chi connectivity index (χ1v) is 26.2. The molecule has 0 spiro atoms. The predicted octanol–water partition coefficient (Wildman–Crippen LogP) is 6.31. The van der Waals surface area contributed by atoms with Crippen LogP contribution in [0.25, 0.3) is 11.1 Å². The Bertz CT molecular complexity index is 2270. The van der Waals surface area contributed by atoms with Gasteiger partial charge in [-0.15, -0.1) is 0 Å². The minimum Gasteiger partial charge on any atom is -0.481 e. The lowest BCUT2D eigenvalue weighted by Crippen LogP contribution is -2.61. The number of hydrogen-bond acceptors (Lipinski definition) is 11. The molecule has 1 heterocycles. The Labute approximate surface area is 419 Å². The molecular formula is C52H70N6O10S2. The summed E-state index contributed by atoms with van der Waals surface area (Å²) < 4.78 is 11.8. The molecule has 1 aliphatic carbocycles. The lowest BCUT2D eigenvalue weighted by Gasteiger charge is -2.34. The molecule has 6 amide bonds. The molecule has 0 radical (unpaired) electrons. The van der Waals surface area contributed by atoms with Crippen LogP contribution in [0.4, 0.5) is 4.79 Å². The first kappa shape index (κ1) is 55.3. The molecule has 0 aromatic heterocycles. The first-order chi connectivity index (χ1) is 33.0. The van der Waals surface area contributed by atoms with Gasteiger partial charge in [-0.05, 0) is 81.7 Å². The summed E-state index contributed by atoms with van der Waals surface area (Å²) in [5.74, 6) is -4.78. The van der Waals surface area contributed by atoms with Crippen LogP contribution in [0.5, 0.6) is 0 Å². The zero-order valence-corrected chi connectivity index (χ0v) is 43.4. The number of alkyl carbamates (subject to hydrolysis) is 1. The molecule has 3 aromatic carbocycles. The van der Waals surface area contributed by atoms with Crippen LogP contribution in [0.2, 0.25) is 0 Å². The van der Waals surface area contributed by atoms with Crippen molar-refractivity contribution in [2.45, 2.75) is 140 Å². The topological polar surface area (TPSA) is 213 Å². The number of amides is 6. The van der Waals surface area contributed by atoms with Crippen LogP contribution in [0.1, 0.15) is 104 Å². The molecule has 380 valence electrons. The summed E-state index contributed by atoms with van der Waals surface area (Å²) in [6, 6.07) is 18.4. The Balaban J connectivity index is 1.33. The molecule has 18 heteroatoms. The van der Waals surface area contributed by atoms with Crippen LogP contribution in [-0.2, 0) is 44.7 Å². The van der Waals surface area contributed by atoms with E-state index in [9.17, 15) is 38.7 Å². The molecule has 1 fully saturated rings. The van der Waals surface area contributed by atoms with E-state index in [0.29, 0.717) is 18.7 Å². The van der Waals surface area contributed by atoms with E-state index < -0.39 is 89.9 Å². The molecule has 1 saturated heterocycles. The molecule has 6 atom stereocenters. The van der Waals surface area contributed by atoms with Gasteiger partial charge in [-0.2, -0.15) is 0 Å². The summed E-state index contributed by atoms with van der Waals surface area (Å²) in [4.78, 5) is 99.1. The molecule has 5 rings (SSSR count). The molecular weight excluding hydrogens is 933 g/mol. The van der Waals surface area contributed by atoms with E-state index in [2.05, 4.69) is 21.3 Å². The number of piperidine rings is 1. The third-order valence-electron chi connectivity index (χ3n) is 12.0. The minimum absolute atomic E-state index is 0.00635. The summed E-state index contributed by atoms with van der Waals surface area (Å²) in [5, 5.41) is 20.7. The van der Waals surface area contributed by atoms with E-state index in [4.69, 9.17) is 9.47 Å². The Morgan fingerprint density at radius 3 is 1.84 bits per heavy atom. The van der Waals surface area contributed by atoms with Gasteiger partial charge in [-0.1, -0.05) is 121 Å². The standard InChI is InChI=1S/C52H70N6O10S2/c1-32(57(9)49(65)44(33(2)68-51(3,4)5)56-50(66)67-30-39-37-24-16-14-22-35(37)36-23-15-17-25-38(36)39)45(61)55-42(31-69-70-52(6,7)8)47(63)53-40(28-34-20-12-10-13-21-34)46(62)54-41(29-43(59)60)48(64)58-26-18-11-19-27-58/h10,12-17,20-25,32-33,39-42,44H,11,18-19,26-31H2,1-9H3,(H,53,63)(H,54,62)(H,55,61)(H,56,66)(H,59,60)/t32-,33+,40-,41-,42-,44-/m0/s1. The van der Waals surface area contributed by atoms with Gasteiger partial charge in [-0.3, -0.25) is 28.8 Å². The van der Waals surface area contributed by atoms with Gasteiger partial charge in [0.2, 0.25) is 29.5 Å². The van der Waals surface area contributed by atoms with Crippen LogP contribution < -0.4 is 21.3 Å². The van der Waals surface area contributed by atoms with Crippen molar-refractivity contribution in [3.63, 3.8) is 0 Å². The van der Waals surface area contributed by atoms with E-state index in [-0.39, 0.29) is 29.4 Å². The van der Waals surface area contributed by atoms with Crippen LogP contribution >= 0.6 is 21.6 Å². The van der Waals surface area contributed by atoms with Crippen molar-refractivity contribution >= 4 is 63.2 Å². The maximum absolute atomic E-state index is 14.4. The number of nitrogens with zero attached hydrogens (tertiary/aromatic N) is 2. The second-order valence-electron chi connectivity index (χ2n) is 19.8. The van der Waals surface area contributed by atoms with Gasteiger partial charge < -0.3 is 45.6 Å². The van der Waals surface area contributed by atoms with Crippen molar-refractivity contribution in [3.8, 4) is 11.1 Å². The van der Waals surface area contributed by atoms with Gasteiger partial charge in [0.25, 0.3) is 0 Å². The smallest absolute Gasteiger partial charge is 0.407 e. The Kier molecular flexibility index (Phi) is 19.8. The number of likely N-dealkylation sites (tertiary alicyclic amines) is 1. The maximum atomic E-state index is 14.4. The van der Waals surface area contributed by atoms with Gasteiger partial charge >= 0.3 is 12.1 Å². The first-order valence-electron chi connectivity index (χ1n) is 23.8. The average Bonchev–Trinajstić information content (AvgIpc) is 3.63. The Morgan fingerprint density at radius 1 is 0.729 bits per heavy atom. The van der Waals surface area contributed by atoms with Crippen LogP contribution in [0.15, 0.2) is 78.9 Å². The van der Waals surface area contributed by atoms with Crippen molar-refractivity contribution in [3.05, 3.63) is 95.6 Å². The van der Waals surface area contributed by atoms with Crippen molar-refractivity contribution in [2.24, 2.45) is 0 Å². The fraction of sp³-hybridized carbons (Fsp3) is 0.519.